The van der Waals surface area contributed by atoms with E-state index in [-0.39, 0.29) is 0 Å². The Morgan fingerprint density at radius 3 is 2.95 bits per heavy atom. The van der Waals surface area contributed by atoms with Crippen molar-refractivity contribution in [3.63, 3.8) is 0 Å². The van der Waals surface area contributed by atoms with E-state index in [0.29, 0.717) is 22.7 Å². The molecule has 0 fully saturated rings. The van der Waals surface area contributed by atoms with Crippen LogP contribution >= 0.6 is 0 Å². The number of halogens is 1. The van der Waals surface area contributed by atoms with Gasteiger partial charge in [-0.3, -0.25) is 5.32 Å². The van der Waals surface area contributed by atoms with Crippen LogP contribution < -0.4 is 10.6 Å². The molecule has 0 aliphatic carbocycles. The van der Waals surface area contributed by atoms with Crippen molar-refractivity contribution in [2.24, 2.45) is 0 Å². The van der Waals surface area contributed by atoms with Gasteiger partial charge in [-0.1, -0.05) is 6.07 Å². The van der Waals surface area contributed by atoms with E-state index in [2.05, 4.69) is 30.6 Å². The average molecular weight is 272 g/mol. The number of urea groups is 1. The largest absolute Gasteiger partial charge is 0.340 e. The minimum absolute atomic E-state index is 0.293. The average Bonchev–Trinajstić information content (AvgIpc) is 2.88. The van der Waals surface area contributed by atoms with Crippen molar-refractivity contribution >= 4 is 28.7 Å². The number of nitrogens with one attached hydrogen (secondary N) is 3. The zero-order valence-electron chi connectivity index (χ0n) is 10.1. The van der Waals surface area contributed by atoms with E-state index in [0.717, 1.165) is 0 Å². The zero-order valence-corrected chi connectivity index (χ0v) is 10.1. The van der Waals surface area contributed by atoms with Gasteiger partial charge in [-0.15, -0.1) is 0 Å². The molecule has 1 aromatic carbocycles. The van der Waals surface area contributed by atoms with Gasteiger partial charge in [0, 0.05) is 5.69 Å². The number of anilines is 2. The number of hydrogen-bond acceptors (Lipinski definition) is 4. The summed E-state index contributed by atoms with van der Waals surface area (Å²) in [4.78, 5) is 26.5. The van der Waals surface area contributed by atoms with Crippen molar-refractivity contribution in [1.29, 1.82) is 0 Å². The molecule has 20 heavy (non-hydrogen) atoms. The molecule has 7 nitrogen and oxygen atoms in total. The maximum Gasteiger partial charge on any atom is 0.324 e. The number of aromatic nitrogens is 4. The maximum atomic E-state index is 13.0. The molecule has 0 saturated heterocycles. The van der Waals surface area contributed by atoms with Crippen LogP contribution in [0.2, 0.25) is 0 Å². The van der Waals surface area contributed by atoms with Crippen LogP contribution in [-0.4, -0.2) is 26.0 Å². The zero-order chi connectivity index (χ0) is 13.9. The number of carbonyl (C=O) groups is 1. The summed E-state index contributed by atoms with van der Waals surface area (Å²) in [7, 11) is 0. The Labute approximate surface area is 112 Å². The first-order chi connectivity index (χ1) is 9.72. The SMILES string of the molecule is O=C(Nc1cccc(F)c1)Nc1ncnc2nc[nH]c12. The molecule has 0 spiro atoms. The molecule has 2 heterocycles. The Kier molecular flexibility index (Phi) is 2.96. The molecule has 0 unspecified atom stereocenters. The van der Waals surface area contributed by atoms with E-state index >= 15 is 0 Å². The normalized spacial score (nSPS) is 10.4. The van der Waals surface area contributed by atoms with Gasteiger partial charge < -0.3 is 10.3 Å². The predicted octanol–water partition coefficient (Wildman–Crippen LogP) is 2.14. The Morgan fingerprint density at radius 1 is 1.20 bits per heavy atom. The molecule has 3 N–H and O–H groups in total. The molecular formula is C12H9FN6O. The van der Waals surface area contributed by atoms with E-state index in [1.165, 1.54) is 30.9 Å². The number of carbonyl (C=O) groups excluding carboxylic acids is 1. The Balaban J connectivity index is 1.77. The molecule has 0 radical (unpaired) electrons. The standard InChI is InChI=1S/C12H9FN6O/c13-7-2-1-3-8(4-7)18-12(20)19-11-9-10(15-5-14-9)16-6-17-11/h1-6H,(H3,14,15,16,17,18,19,20). The quantitative estimate of drug-likeness (QED) is 0.666. The Hall–Kier alpha value is -3.03. The first-order valence-corrected chi connectivity index (χ1v) is 5.70. The summed E-state index contributed by atoms with van der Waals surface area (Å²) in [6, 6.07) is 5.05. The topological polar surface area (TPSA) is 95.6 Å². The number of nitrogens with zero attached hydrogens (tertiary/aromatic N) is 3. The molecule has 0 saturated carbocycles. The van der Waals surface area contributed by atoms with Gasteiger partial charge in [0.2, 0.25) is 0 Å². The van der Waals surface area contributed by atoms with E-state index in [1.807, 2.05) is 0 Å². The summed E-state index contributed by atoms with van der Waals surface area (Å²) in [6.07, 6.45) is 2.75. The predicted molar refractivity (Wildman–Crippen MR) is 70.7 cm³/mol. The summed E-state index contributed by atoms with van der Waals surface area (Å²) in [5.74, 6) is -0.137. The summed E-state index contributed by atoms with van der Waals surface area (Å²) in [5, 5.41) is 5.05. The maximum absolute atomic E-state index is 13.0. The molecule has 2 amide bonds. The molecule has 8 heteroatoms. The van der Waals surface area contributed by atoms with Crippen molar-refractivity contribution in [3.05, 3.63) is 42.7 Å². The highest BCUT2D eigenvalue weighted by Crippen LogP contribution is 2.15. The van der Waals surface area contributed by atoms with Gasteiger partial charge in [-0.2, -0.15) is 0 Å². The number of aromatic amines is 1. The van der Waals surface area contributed by atoms with Crippen molar-refractivity contribution in [2.75, 3.05) is 10.6 Å². The lowest BCUT2D eigenvalue weighted by atomic mass is 10.3. The second-order valence-corrected chi connectivity index (χ2v) is 3.91. The van der Waals surface area contributed by atoms with Crippen LogP contribution in [0.25, 0.3) is 11.2 Å². The second kappa shape index (κ2) is 4.92. The molecular weight excluding hydrogens is 263 g/mol. The van der Waals surface area contributed by atoms with E-state index < -0.39 is 11.8 Å². The van der Waals surface area contributed by atoms with Crippen LogP contribution in [0, 0.1) is 5.82 Å². The fraction of sp³-hybridized carbons (Fsp3) is 0. The third-order valence-electron chi connectivity index (χ3n) is 2.54. The van der Waals surface area contributed by atoms with Crippen LogP contribution in [0.15, 0.2) is 36.9 Å². The van der Waals surface area contributed by atoms with Crippen molar-refractivity contribution < 1.29 is 9.18 Å². The third kappa shape index (κ3) is 2.39. The summed E-state index contributed by atoms with van der Waals surface area (Å²) in [6.45, 7) is 0. The number of rotatable bonds is 2. The van der Waals surface area contributed by atoms with Gasteiger partial charge in [-0.05, 0) is 18.2 Å². The lowest BCUT2D eigenvalue weighted by molar-refractivity contribution is 0.262. The summed E-state index contributed by atoms with van der Waals surface area (Å²) >= 11 is 0. The molecule has 0 atom stereocenters. The molecule has 3 aromatic rings. The van der Waals surface area contributed by atoms with Crippen molar-refractivity contribution in [2.45, 2.75) is 0 Å². The number of benzene rings is 1. The van der Waals surface area contributed by atoms with Gasteiger partial charge in [0.05, 0.1) is 6.33 Å². The Bertz CT molecular complexity index is 771. The fourth-order valence-electron chi connectivity index (χ4n) is 1.70. The second-order valence-electron chi connectivity index (χ2n) is 3.91. The van der Waals surface area contributed by atoms with Crippen LogP contribution in [0.4, 0.5) is 20.7 Å². The highest BCUT2D eigenvalue weighted by Gasteiger charge is 2.09. The van der Waals surface area contributed by atoms with E-state index in [4.69, 9.17) is 0 Å². The van der Waals surface area contributed by atoms with E-state index in [1.54, 1.807) is 6.07 Å². The fourth-order valence-corrected chi connectivity index (χ4v) is 1.70. The van der Waals surface area contributed by atoms with Gasteiger partial charge in [0.25, 0.3) is 0 Å². The minimum Gasteiger partial charge on any atom is -0.340 e. The molecule has 0 bridgehead atoms. The highest BCUT2D eigenvalue weighted by atomic mass is 19.1. The summed E-state index contributed by atoms with van der Waals surface area (Å²) in [5.41, 5.74) is 1.31. The van der Waals surface area contributed by atoms with Crippen molar-refractivity contribution in [3.8, 4) is 0 Å². The van der Waals surface area contributed by atoms with Crippen LogP contribution in [0.1, 0.15) is 0 Å². The summed E-state index contributed by atoms with van der Waals surface area (Å²) < 4.78 is 13.0. The van der Waals surface area contributed by atoms with Gasteiger partial charge in [0.1, 0.15) is 17.7 Å². The first kappa shape index (κ1) is 12.0. The molecule has 2 aromatic heterocycles. The monoisotopic (exact) mass is 272 g/mol. The minimum atomic E-state index is -0.537. The molecule has 0 aliphatic heterocycles. The van der Waals surface area contributed by atoms with Gasteiger partial charge >= 0.3 is 6.03 Å². The number of fused-ring (bicyclic) bond motifs is 1. The smallest absolute Gasteiger partial charge is 0.324 e. The van der Waals surface area contributed by atoms with Gasteiger partial charge in [0.15, 0.2) is 11.5 Å². The molecule has 3 rings (SSSR count). The number of hydrogen-bond donors (Lipinski definition) is 3. The number of H-pyrrole nitrogens is 1. The van der Waals surface area contributed by atoms with Crippen LogP contribution in [0.3, 0.4) is 0 Å². The number of imidazole rings is 1. The van der Waals surface area contributed by atoms with Gasteiger partial charge in [-0.25, -0.2) is 24.1 Å². The molecule has 100 valence electrons. The van der Waals surface area contributed by atoms with Crippen molar-refractivity contribution in [1.82, 2.24) is 19.9 Å². The van der Waals surface area contributed by atoms with E-state index in [9.17, 15) is 9.18 Å². The first-order valence-electron chi connectivity index (χ1n) is 5.70. The van der Waals surface area contributed by atoms with Crippen LogP contribution in [-0.2, 0) is 0 Å². The van der Waals surface area contributed by atoms with Crippen LogP contribution in [0.5, 0.6) is 0 Å². The lowest BCUT2D eigenvalue weighted by Crippen LogP contribution is -2.20. The third-order valence-corrected chi connectivity index (χ3v) is 2.54. The lowest BCUT2D eigenvalue weighted by Gasteiger charge is -2.07. The highest BCUT2D eigenvalue weighted by molar-refractivity contribution is 6.02. The molecule has 0 aliphatic rings. The Morgan fingerprint density at radius 2 is 2.10 bits per heavy atom. The number of amides is 2.